The first kappa shape index (κ1) is 19.9. The van der Waals surface area contributed by atoms with Gasteiger partial charge in [0.05, 0.1) is 16.3 Å². The zero-order valence-electron chi connectivity index (χ0n) is 14.9. The number of benzene rings is 2. The van der Waals surface area contributed by atoms with Gasteiger partial charge in [-0.3, -0.25) is 4.79 Å². The molecule has 3 rings (SSSR count). The smallest absolute Gasteiger partial charge is 0.280 e. The minimum Gasteiger partial charge on any atom is -0.506 e. The lowest BCUT2D eigenvalue weighted by molar-refractivity contribution is -0.117. The third kappa shape index (κ3) is 3.88. The number of nitrogens with zero attached hydrogens (tertiary/aromatic N) is 4. The SMILES string of the molecule is CNS(=O)(=O)c1ccc(N=NC2C(=O)N(c3cccc(Cl)c3)N=C2C)c(O)c1. The van der Waals surface area contributed by atoms with Gasteiger partial charge in [-0.1, -0.05) is 17.7 Å². The molecule has 0 spiro atoms. The van der Waals surface area contributed by atoms with Crippen LogP contribution in [0.1, 0.15) is 6.92 Å². The molecule has 0 saturated carbocycles. The van der Waals surface area contributed by atoms with Crippen LogP contribution in [0.4, 0.5) is 11.4 Å². The summed E-state index contributed by atoms with van der Waals surface area (Å²) < 4.78 is 25.7. The van der Waals surface area contributed by atoms with Gasteiger partial charge in [0.1, 0.15) is 11.4 Å². The Morgan fingerprint density at radius 2 is 2.00 bits per heavy atom. The van der Waals surface area contributed by atoms with Crippen LogP contribution in [0.3, 0.4) is 0 Å². The van der Waals surface area contributed by atoms with E-state index in [0.29, 0.717) is 16.4 Å². The van der Waals surface area contributed by atoms with Crippen molar-refractivity contribution in [3.05, 3.63) is 47.5 Å². The monoisotopic (exact) mass is 421 g/mol. The summed E-state index contributed by atoms with van der Waals surface area (Å²) in [6.07, 6.45) is 0. The molecular formula is C17H16ClN5O4S. The molecule has 1 unspecified atom stereocenters. The van der Waals surface area contributed by atoms with E-state index < -0.39 is 22.0 Å². The van der Waals surface area contributed by atoms with E-state index in [1.807, 2.05) is 0 Å². The second-order valence-corrected chi connectivity index (χ2v) is 8.17. The lowest BCUT2D eigenvalue weighted by Crippen LogP contribution is -2.29. The standard InChI is InChI=1S/C17H16ClN5O4S/c1-10-16(17(25)23(22-10)12-5-3-4-11(18)8-12)21-20-14-7-6-13(9-15(14)24)28(26,27)19-2/h3-9,16,19,24H,1-2H3. The summed E-state index contributed by atoms with van der Waals surface area (Å²) in [6.45, 7) is 1.63. The highest BCUT2D eigenvalue weighted by Crippen LogP contribution is 2.30. The maximum Gasteiger partial charge on any atom is 0.280 e. The number of nitrogens with one attached hydrogen (secondary N) is 1. The Morgan fingerprint density at radius 1 is 1.25 bits per heavy atom. The van der Waals surface area contributed by atoms with Gasteiger partial charge in [-0.25, -0.2) is 13.1 Å². The topological polar surface area (TPSA) is 124 Å². The number of aromatic hydroxyl groups is 1. The van der Waals surface area contributed by atoms with Gasteiger partial charge in [-0.2, -0.15) is 20.3 Å². The van der Waals surface area contributed by atoms with Crippen LogP contribution in [0.5, 0.6) is 5.75 Å². The van der Waals surface area contributed by atoms with E-state index in [-0.39, 0.29) is 16.3 Å². The quantitative estimate of drug-likeness (QED) is 0.720. The fourth-order valence-corrected chi connectivity index (χ4v) is 3.41. The van der Waals surface area contributed by atoms with Crippen LogP contribution in [0.2, 0.25) is 5.02 Å². The van der Waals surface area contributed by atoms with Crippen molar-refractivity contribution >= 4 is 44.6 Å². The number of sulfonamides is 1. The molecular weight excluding hydrogens is 406 g/mol. The Kier molecular flexibility index (Phi) is 5.45. The number of phenolic OH excluding ortho intramolecular Hbond substituents is 1. The van der Waals surface area contributed by atoms with Crippen molar-refractivity contribution in [2.75, 3.05) is 12.1 Å². The van der Waals surface area contributed by atoms with Crippen LogP contribution in [0.15, 0.2) is 62.7 Å². The number of hydrogen-bond acceptors (Lipinski definition) is 7. The number of hydrogen-bond donors (Lipinski definition) is 2. The molecule has 2 N–H and O–H groups in total. The highest BCUT2D eigenvalue weighted by atomic mass is 35.5. The van der Waals surface area contributed by atoms with E-state index in [4.69, 9.17) is 11.6 Å². The van der Waals surface area contributed by atoms with Gasteiger partial charge < -0.3 is 5.11 Å². The number of phenols is 1. The minimum absolute atomic E-state index is 0.0249. The summed E-state index contributed by atoms with van der Waals surface area (Å²) in [5.41, 5.74) is 0.943. The zero-order valence-corrected chi connectivity index (χ0v) is 16.4. The Balaban J connectivity index is 1.83. The van der Waals surface area contributed by atoms with Gasteiger partial charge in [0.2, 0.25) is 10.0 Å². The maximum absolute atomic E-state index is 12.6. The summed E-state index contributed by atoms with van der Waals surface area (Å²) in [5.74, 6) is -0.802. The maximum atomic E-state index is 12.6. The van der Waals surface area contributed by atoms with Gasteiger partial charge in [-0.15, -0.1) is 0 Å². The lowest BCUT2D eigenvalue weighted by Gasteiger charge is -2.12. The lowest BCUT2D eigenvalue weighted by atomic mass is 10.2. The first-order chi connectivity index (χ1) is 13.2. The predicted octanol–water partition coefficient (Wildman–Crippen LogP) is 2.83. The third-order valence-corrected chi connectivity index (χ3v) is 5.60. The Hall–Kier alpha value is -2.82. The first-order valence-corrected chi connectivity index (χ1v) is 9.91. The van der Waals surface area contributed by atoms with E-state index >= 15 is 0 Å². The molecule has 1 atom stereocenters. The largest absolute Gasteiger partial charge is 0.506 e. The molecule has 9 nitrogen and oxygen atoms in total. The van der Waals surface area contributed by atoms with Crippen LogP contribution >= 0.6 is 11.6 Å². The van der Waals surface area contributed by atoms with Crippen LogP contribution in [0.25, 0.3) is 0 Å². The number of halogens is 1. The molecule has 2 aromatic carbocycles. The van der Waals surface area contributed by atoms with Crippen LogP contribution in [-0.4, -0.2) is 38.2 Å². The number of amides is 1. The van der Waals surface area contributed by atoms with E-state index in [1.165, 1.54) is 24.2 Å². The number of carbonyl (C=O) groups excluding carboxylic acids is 1. The molecule has 28 heavy (non-hydrogen) atoms. The van der Waals surface area contributed by atoms with Crippen molar-refractivity contribution in [2.24, 2.45) is 15.3 Å². The zero-order chi connectivity index (χ0) is 20.5. The van der Waals surface area contributed by atoms with Crippen LogP contribution in [-0.2, 0) is 14.8 Å². The molecule has 1 amide bonds. The Morgan fingerprint density at radius 3 is 2.64 bits per heavy atom. The molecule has 0 saturated heterocycles. The molecule has 0 aromatic heterocycles. The normalized spacial score (nSPS) is 17.4. The molecule has 1 heterocycles. The van der Waals surface area contributed by atoms with E-state index in [2.05, 4.69) is 20.1 Å². The van der Waals surface area contributed by atoms with Crippen molar-refractivity contribution in [2.45, 2.75) is 17.9 Å². The van der Waals surface area contributed by atoms with Crippen molar-refractivity contribution in [1.82, 2.24) is 4.72 Å². The fourth-order valence-electron chi connectivity index (χ4n) is 2.47. The van der Waals surface area contributed by atoms with Gasteiger partial charge in [0, 0.05) is 11.1 Å². The van der Waals surface area contributed by atoms with Crippen molar-refractivity contribution in [3.63, 3.8) is 0 Å². The van der Waals surface area contributed by atoms with Crippen molar-refractivity contribution in [1.29, 1.82) is 0 Å². The Labute approximate surface area is 166 Å². The molecule has 1 aliphatic rings. The van der Waals surface area contributed by atoms with Crippen molar-refractivity contribution in [3.8, 4) is 5.75 Å². The Bertz CT molecular complexity index is 1100. The highest BCUT2D eigenvalue weighted by molar-refractivity contribution is 7.89. The van der Waals surface area contributed by atoms with Crippen molar-refractivity contribution < 1.29 is 18.3 Å². The second kappa shape index (κ2) is 7.66. The van der Waals surface area contributed by atoms with Gasteiger partial charge in [0.25, 0.3) is 5.91 Å². The molecule has 11 heteroatoms. The highest BCUT2D eigenvalue weighted by Gasteiger charge is 2.34. The molecule has 0 bridgehead atoms. The summed E-state index contributed by atoms with van der Waals surface area (Å²) in [5, 5.41) is 23.7. The first-order valence-electron chi connectivity index (χ1n) is 8.05. The van der Waals surface area contributed by atoms with Crippen LogP contribution < -0.4 is 9.73 Å². The van der Waals surface area contributed by atoms with Gasteiger partial charge >= 0.3 is 0 Å². The summed E-state index contributed by atoms with van der Waals surface area (Å²) >= 11 is 5.95. The molecule has 2 aromatic rings. The fraction of sp³-hybridized carbons (Fsp3) is 0.176. The van der Waals surface area contributed by atoms with Gasteiger partial charge in [-0.05, 0) is 44.3 Å². The van der Waals surface area contributed by atoms with E-state index in [1.54, 1.807) is 31.2 Å². The summed E-state index contributed by atoms with van der Waals surface area (Å²) in [7, 11) is -2.44. The summed E-state index contributed by atoms with van der Waals surface area (Å²) in [4.78, 5) is 12.5. The van der Waals surface area contributed by atoms with Gasteiger partial charge in [0.15, 0.2) is 6.04 Å². The van der Waals surface area contributed by atoms with E-state index in [9.17, 15) is 18.3 Å². The average Bonchev–Trinajstić information content (AvgIpc) is 2.94. The van der Waals surface area contributed by atoms with E-state index in [0.717, 1.165) is 6.07 Å². The molecule has 0 radical (unpaired) electrons. The number of azo groups is 1. The van der Waals surface area contributed by atoms with Crippen LogP contribution in [0, 0.1) is 0 Å². The molecule has 0 fully saturated rings. The predicted molar refractivity (Wildman–Crippen MR) is 105 cm³/mol. The summed E-state index contributed by atoms with van der Waals surface area (Å²) in [6, 6.07) is 9.33. The number of rotatable bonds is 5. The molecule has 1 aliphatic heterocycles. The average molecular weight is 422 g/mol. The number of carbonyl (C=O) groups is 1. The molecule has 0 aliphatic carbocycles. The number of anilines is 1. The molecule has 146 valence electrons. The second-order valence-electron chi connectivity index (χ2n) is 5.85. The minimum atomic E-state index is -3.70. The number of hydrazone groups is 1. The third-order valence-electron chi connectivity index (χ3n) is 3.96.